The summed E-state index contributed by atoms with van der Waals surface area (Å²) in [5.41, 5.74) is 1.35. The maximum absolute atomic E-state index is 4.26. The third-order valence-electron chi connectivity index (χ3n) is 1.76. The SMILES string of the molecule is Cc1cc2ccccc2[cH-]1.ClOCl.[V]. The molecule has 2 aromatic rings. The fraction of sp³-hybridized carbons (Fsp3) is 0.100. The van der Waals surface area contributed by atoms with Crippen LogP contribution in [0.1, 0.15) is 5.56 Å². The van der Waals surface area contributed by atoms with E-state index in [1.54, 1.807) is 0 Å². The van der Waals surface area contributed by atoms with E-state index >= 15 is 0 Å². The van der Waals surface area contributed by atoms with Gasteiger partial charge in [0.1, 0.15) is 0 Å². The number of benzene rings is 1. The van der Waals surface area contributed by atoms with Crippen molar-refractivity contribution in [3.63, 3.8) is 0 Å². The molecule has 4 heteroatoms. The van der Waals surface area contributed by atoms with Gasteiger partial charge in [0.05, 0.1) is 23.7 Å². The van der Waals surface area contributed by atoms with Crippen LogP contribution in [0.3, 0.4) is 0 Å². The number of aryl methyl sites for hydroxylation is 1. The van der Waals surface area contributed by atoms with Crippen molar-refractivity contribution in [2.75, 3.05) is 0 Å². The minimum Gasteiger partial charge on any atom is -0.166 e. The Morgan fingerprint density at radius 2 is 1.79 bits per heavy atom. The molecule has 0 bridgehead atoms. The van der Waals surface area contributed by atoms with Crippen LogP contribution in [0.2, 0.25) is 0 Å². The second kappa shape index (κ2) is 7.27. The Hall–Kier alpha value is -0.0456. The molecule has 0 amide bonds. The van der Waals surface area contributed by atoms with E-state index in [-0.39, 0.29) is 18.6 Å². The van der Waals surface area contributed by atoms with Crippen LogP contribution in [0.4, 0.5) is 0 Å². The summed E-state index contributed by atoms with van der Waals surface area (Å²) in [5, 5.41) is 2.69. The van der Waals surface area contributed by atoms with Crippen molar-refractivity contribution in [3.05, 3.63) is 42.0 Å². The molecule has 0 N–H and O–H groups in total. The Balaban J connectivity index is 0.000000381. The molecule has 0 heterocycles. The summed E-state index contributed by atoms with van der Waals surface area (Å²) in [7, 11) is 0. The topological polar surface area (TPSA) is 9.23 Å². The van der Waals surface area contributed by atoms with Gasteiger partial charge in [0.15, 0.2) is 0 Å². The molecule has 1 nitrogen and oxygen atoms in total. The van der Waals surface area contributed by atoms with E-state index in [1.165, 1.54) is 16.3 Å². The molecule has 0 fully saturated rings. The first-order chi connectivity index (χ1) is 6.27. The third kappa shape index (κ3) is 3.99. The van der Waals surface area contributed by atoms with Crippen LogP contribution >= 0.6 is 23.7 Å². The van der Waals surface area contributed by atoms with Crippen molar-refractivity contribution in [1.82, 2.24) is 0 Å². The van der Waals surface area contributed by atoms with E-state index < -0.39 is 0 Å². The molecule has 14 heavy (non-hydrogen) atoms. The number of fused-ring (bicyclic) bond motifs is 1. The zero-order valence-electron chi connectivity index (χ0n) is 7.58. The first kappa shape index (κ1) is 14.0. The van der Waals surface area contributed by atoms with Crippen LogP contribution in [-0.4, -0.2) is 0 Å². The number of halogens is 2. The quantitative estimate of drug-likeness (QED) is 0.651. The van der Waals surface area contributed by atoms with Gasteiger partial charge in [0.25, 0.3) is 0 Å². The Morgan fingerprint density at radius 3 is 2.36 bits per heavy atom. The Morgan fingerprint density at radius 1 is 1.21 bits per heavy atom. The molecule has 0 aliphatic rings. The molecule has 0 atom stereocenters. The van der Waals surface area contributed by atoms with Gasteiger partial charge in [-0.2, -0.15) is 9.91 Å². The summed E-state index contributed by atoms with van der Waals surface area (Å²) in [6.07, 6.45) is 0. The summed E-state index contributed by atoms with van der Waals surface area (Å²) >= 11 is 8.53. The molecule has 1 radical (unpaired) electrons. The smallest absolute Gasteiger partial charge is 0.0832 e. The molecule has 0 aliphatic carbocycles. The predicted molar refractivity (Wildman–Crippen MR) is 57.1 cm³/mol. The molecule has 0 aromatic heterocycles. The van der Waals surface area contributed by atoms with Crippen molar-refractivity contribution >= 4 is 34.5 Å². The first-order valence-corrected chi connectivity index (χ1v) is 4.41. The summed E-state index contributed by atoms with van der Waals surface area (Å²) in [6.45, 7) is 2.12. The average molecular weight is 267 g/mol. The van der Waals surface area contributed by atoms with Crippen molar-refractivity contribution in [1.29, 1.82) is 0 Å². The van der Waals surface area contributed by atoms with Crippen LogP contribution in [0.5, 0.6) is 0 Å². The largest absolute Gasteiger partial charge is 0.166 e. The van der Waals surface area contributed by atoms with Gasteiger partial charge in [0, 0.05) is 18.6 Å². The molecule has 0 spiro atoms. The van der Waals surface area contributed by atoms with Gasteiger partial charge in [-0.3, -0.25) is 0 Å². The second-order valence-electron chi connectivity index (χ2n) is 2.72. The van der Waals surface area contributed by atoms with Gasteiger partial charge >= 0.3 is 0 Å². The third-order valence-corrected chi connectivity index (χ3v) is 1.76. The zero-order chi connectivity index (χ0) is 9.68. The van der Waals surface area contributed by atoms with Crippen LogP contribution in [0.25, 0.3) is 10.8 Å². The van der Waals surface area contributed by atoms with Crippen LogP contribution in [-0.2, 0) is 22.4 Å². The molecule has 0 unspecified atom stereocenters. The van der Waals surface area contributed by atoms with Crippen molar-refractivity contribution < 1.29 is 22.4 Å². The molecule has 0 saturated heterocycles. The maximum Gasteiger partial charge on any atom is 0.0832 e. The Kier molecular flexibility index (Phi) is 7.25. The standard InChI is InChI=1S/C10H9.Cl2O.V/c1-8-6-9-4-2-3-5-10(9)7-8;1-3-2;/h2-7H,1H3;;/q-1;;. The van der Waals surface area contributed by atoms with Crippen molar-refractivity contribution in [3.8, 4) is 0 Å². The molecule has 2 aromatic carbocycles. The number of hydrogen-bond donors (Lipinski definition) is 0. The summed E-state index contributed by atoms with van der Waals surface area (Å²) in [5.74, 6) is 0. The van der Waals surface area contributed by atoms with Crippen LogP contribution in [0.15, 0.2) is 36.4 Å². The fourth-order valence-corrected chi connectivity index (χ4v) is 1.31. The van der Waals surface area contributed by atoms with E-state index in [9.17, 15) is 0 Å². The molecular weight excluding hydrogens is 258 g/mol. The number of hydrogen-bond acceptors (Lipinski definition) is 1. The van der Waals surface area contributed by atoms with E-state index in [1.807, 2.05) is 0 Å². The second-order valence-corrected chi connectivity index (χ2v) is 3.19. The normalized spacial score (nSPS) is 8.79. The number of rotatable bonds is 0. The van der Waals surface area contributed by atoms with Gasteiger partial charge < -0.3 is 0 Å². The summed E-state index contributed by atoms with van der Waals surface area (Å²) in [6, 6.07) is 12.8. The molecule has 0 saturated carbocycles. The monoisotopic (exact) mass is 266 g/mol. The van der Waals surface area contributed by atoms with Crippen LogP contribution < -0.4 is 0 Å². The van der Waals surface area contributed by atoms with E-state index in [0.29, 0.717) is 0 Å². The van der Waals surface area contributed by atoms with Crippen molar-refractivity contribution in [2.45, 2.75) is 6.92 Å². The zero-order valence-corrected chi connectivity index (χ0v) is 10.5. The minimum absolute atomic E-state index is 0. The van der Waals surface area contributed by atoms with Gasteiger partial charge in [-0.15, -0.1) is 40.6 Å². The maximum atomic E-state index is 4.26. The first-order valence-electron chi connectivity index (χ1n) is 3.79. The van der Waals surface area contributed by atoms with Gasteiger partial charge in [-0.1, -0.05) is 13.0 Å². The van der Waals surface area contributed by atoms with Gasteiger partial charge in [-0.25, -0.2) is 0 Å². The average Bonchev–Trinajstić information content (AvgIpc) is 2.45. The Labute approximate surface area is 106 Å². The summed E-state index contributed by atoms with van der Waals surface area (Å²) < 4.78 is 3.19. The van der Waals surface area contributed by atoms with E-state index in [4.69, 9.17) is 0 Å². The van der Waals surface area contributed by atoms with Crippen molar-refractivity contribution in [2.24, 2.45) is 0 Å². The minimum atomic E-state index is 0. The van der Waals surface area contributed by atoms with Gasteiger partial charge in [-0.05, 0) is 0 Å². The van der Waals surface area contributed by atoms with Crippen LogP contribution in [0, 0.1) is 6.92 Å². The predicted octanol–water partition coefficient (Wildman–Crippen LogP) is 4.18. The van der Waals surface area contributed by atoms with E-state index in [2.05, 4.69) is 70.9 Å². The van der Waals surface area contributed by atoms with E-state index in [0.717, 1.165) is 0 Å². The Bertz CT molecular complexity index is 340. The fourth-order valence-electron chi connectivity index (χ4n) is 1.31. The summed E-state index contributed by atoms with van der Waals surface area (Å²) in [4.78, 5) is 0. The van der Waals surface area contributed by atoms with Gasteiger partial charge in [0.2, 0.25) is 0 Å². The molecule has 2 rings (SSSR count). The molecule has 75 valence electrons. The molecular formula is C10H9Cl2OV-. The molecule has 0 aliphatic heterocycles.